The van der Waals surface area contributed by atoms with E-state index in [4.69, 9.17) is 0 Å². The Labute approximate surface area is 79.8 Å². The lowest BCUT2D eigenvalue weighted by molar-refractivity contribution is 0.733. The van der Waals surface area contributed by atoms with Gasteiger partial charge in [0.25, 0.3) is 0 Å². The van der Waals surface area contributed by atoms with Crippen LogP contribution in [0.25, 0.3) is 0 Å². The molecule has 0 fully saturated rings. The van der Waals surface area contributed by atoms with Gasteiger partial charge in [0.05, 0.1) is 0 Å². The maximum atomic E-state index is 2.26. The molecule has 0 bridgehead atoms. The lowest BCUT2D eigenvalue weighted by Crippen LogP contribution is -1.88. The van der Waals surface area contributed by atoms with Gasteiger partial charge in [-0.1, -0.05) is 44.2 Å². The normalized spacial score (nSPS) is 11.8. The van der Waals surface area contributed by atoms with Crippen molar-refractivity contribution in [3.63, 3.8) is 0 Å². The van der Waals surface area contributed by atoms with Crippen molar-refractivity contribution in [1.82, 2.24) is 0 Å². The molecule has 1 aromatic carbocycles. The molecule has 0 aliphatic carbocycles. The van der Waals surface area contributed by atoms with Gasteiger partial charge in [-0.2, -0.15) is 0 Å². The van der Waals surface area contributed by atoms with Crippen LogP contribution in [-0.2, 0) is 0 Å². The van der Waals surface area contributed by atoms with E-state index in [0.29, 0.717) is 5.92 Å². The first kappa shape index (κ1) is 10.8. The van der Waals surface area contributed by atoms with E-state index in [-0.39, 0.29) is 17.4 Å². The Balaban J connectivity index is 0.000001000. The predicted octanol–water partition coefficient (Wildman–Crippen LogP) is 2.02. The zero-order valence-electron chi connectivity index (χ0n) is 6.67. The number of rotatable bonds is 2. The number of benzene rings is 1. The van der Waals surface area contributed by atoms with Crippen LogP contribution < -0.4 is 0 Å². The predicted molar refractivity (Wildman–Crippen MR) is 55.1 cm³/mol. The van der Waals surface area contributed by atoms with Crippen LogP contribution in [0.4, 0.5) is 0 Å². The molecule has 1 rings (SSSR count). The Morgan fingerprint density at radius 2 is 1.73 bits per heavy atom. The smallest absolute Gasteiger partial charge is 0.0648 e. The summed E-state index contributed by atoms with van der Waals surface area (Å²) in [7, 11) is 0. The van der Waals surface area contributed by atoms with Gasteiger partial charge in [-0.3, -0.25) is 0 Å². The van der Waals surface area contributed by atoms with E-state index in [2.05, 4.69) is 44.2 Å². The highest BCUT2D eigenvalue weighted by Gasteiger charge is 1.98. The minimum absolute atomic E-state index is 0. The molecule has 0 aliphatic rings. The fourth-order valence-corrected chi connectivity index (χ4v) is 1.02. The second kappa shape index (κ2) is 5.41. The summed E-state index contributed by atoms with van der Waals surface area (Å²) >= 11 is 0. The van der Waals surface area contributed by atoms with Gasteiger partial charge in [-0.15, -0.1) is 0 Å². The van der Waals surface area contributed by atoms with Crippen LogP contribution in [0.1, 0.15) is 31.7 Å². The van der Waals surface area contributed by atoms with Gasteiger partial charge in [-0.05, 0) is 17.9 Å². The molecular formula is C10H17Al. The van der Waals surface area contributed by atoms with E-state index in [1.54, 1.807) is 0 Å². The largest absolute Gasteiger partial charge is 0.187 e. The van der Waals surface area contributed by atoms with E-state index in [1.165, 1.54) is 12.0 Å². The zero-order chi connectivity index (χ0) is 7.40. The highest BCUT2D eigenvalue weighted by atomic mass is 27.0. The molecule has 0 saturated heterocycles. The maximum absolute atomic E-state index is 2.26. The number of hydrogen-bond acceptors (Lipinski definition) is 0. The van der Waals surface area contributed by atoms with E-state index in [1.807, 2.05) is 0 Å². The Morgan fingerprint density at radius 1 is 1.18 bits per heavy atom. The van der Waals surface area contributed by atoms with Gasteiger partial charge in [0.1, 0.15) is 0 Å². The fraction of sp³-hybridized carbons (Fsp3) is 0.400. The van der Waals surface area contributed by atoms with Crippen LogP contribution in [0, 0.1) is 0 Å². The summed E-state index contributed by atoms with van der Waals surface area (Å²) in [5, 5.41) is 0. The van der Waals surface area contributed by atoms with Gasteiger partial charge >= 0.3 is 0 Å². The van der Waals surface area contributed by atoms with Crippen molar-refractivity contribution >= 4 is 17.4 Å². The number of hydrogen-bond donors (Lipinski definition) is 0. The third-order valence-corrected chi connectivity index (χ3v) is 1.98. The van der Waals surface area contributed by atoms with Gasteiger partial charge in [-0.25, -0.2) is 0 Å². The van der Waals surface area contributed by atoms with Gasteiger partial charge in [0.2, 0.25) is 0 Å². The molecule has 1 atom stereocenters. The maximum Gasteiger partial charge on any atom is 0.187 e. The van der Waals surface area contributed by atoms with Crippen LogP contribution in [0.2, 0.25) is 0 Å². The zero-order valence-corrected chi connectivity index (χ0v) is 6.67. The summed E-state index contributed by atoms with van der Waals surface area (Å²) < 4.78 is 0. The molecule has 0 nitrogen and oxygen atoms in total. The van der Waals surface area contributed by atoms with Crippen molar-refractivity contribution in [1.29, 1.82) is 0 Å². The first-order chi connectivity index (χ1) is 4.84. The molecule has 11 heavy (non-hydrogen) atoms. The SMILES string of the molecule is CCC(C)c1ccccc1.[AlH3]. The molecule has 0 amide bonds. The average Bonchev–Trinajstić information content (AvgIpc) is 2.05. The molecule has 0 spiro atoms. The molecule has 60 valence electrons. The third kappa shape index (κ3) is 3.10. The lowest BCUT2D eigenvalue weighted by atomic mass is 9.99. The third-order valence-electron chi connectivity index (χ3n) is 1.98. The Hall–Kier alpha value is -0.248. The van der Waals surface area contributed by atoms with Crippen molar-refractivity contribution in [2.75, 3.05) is 0 Å². The summed E-state index contributed by atoms with van der Waals surface area (Å²) in [5.41, 5.74) is 1.45. The van der Waals surface area contributed by atoms with Crippen molar-refractivity contribution in [3.8, 4) is 0 Å². The first-order valence-electron chi connectivity index (χ1n) is 3.89. The highest BCUT2D eigenvalue weighted by molar-refractivity contribution is 5.75. The first-order valence-corrected chi connectivity index (χ1v) is 3.89. The van der Waals surface area contributed by atoms with Crippen molar-refractivity contribution in [2.45, 2.75) is 26.2 Å². The molecule has 0 aliphatic heterocycles. The van der Waals surface area contributed by atoms with Crippen LogP contribution in [-0.4, -0.2) is 17.4 Å². The fourth-order valence-electron chi connectivity index (χ4n) is 1.02. The summed E-state index contributed by atoms with van der Waals surface area (Å²) in [4.78, 5) is 0. The Morgan fingerprint density at radius 3 is 2.18 bits per heavy atom. The van der Waals surface area contributed by atoms with Crippen LogP contribution in [0.5, 0.6) is 0 Å². The van der Waals surface area contributed by atoms with E-state index >= 15 is 0 Å². The van der Waals surface area contributed by atoms with Crippen molar-refractivity contribution in [2.24, 2.45) is 0 Å². The van der Waals surface area contributed by atoms with Crippen LogP contribution in [0.15, 0.2) is 30.3 Å². The molecule has 1 heteroatoms. The quantitative estimate of drug-likeness (QED) is 0.587. The monoisotopic (exact) mass is 164 g/mol. The second-order valence-corrected chi connectivity index (χ2v) is 2.72. The Bertz CT molecular complexity index is 181. The molecule has 1 unspecified atom stereocenters. The van der Waals surface area contributed by atoms with E-state index in [9.17, 15) is 0 Å². The van der Waals surface area contributed by atoms with Crippen LogP contribution >= 0.6 is 0 Å². The van der Waals surface area contributed by atoms with Gasteiger partial charge in [0, 0.05) is 0 Å². The molecule has 0 N–H and O–H groups in total. The Kier molecular flexibility index (Phi) is 5.29. The molecule has 0 radical (unpaired) electrons. The minimum Gasteiger partial charge on any atom is -0.0648 e. The lowest BCUT2D eigenvalue weighted by Gasteiger charge is -2.06. The molecule has 0 heterocycles. The van der Waals surface area contributed by atoms with Gasteiger partial charge < -0.3 is 0 Å². The average molecular weight is 164 g/mol. The standard InChI is InChI=1S/C10H14.Al.3H/c1-3-9(2)10-7-5-4-6-8-10;;;;/h4-9H,3H2,1-2H3;;;;. The highest BCUT2D eigenvalue weighted by Crippen LogP contribution is 2.16. The molecule has 0 aromatic heterocycles. The van der Waals surface area contributed by atoms with Crippen LogP contribution in [0.3, 0.4) is 0 Å². The summed E-state index contributed by atoms with van der Waals surface area (Å²) in [6.45, 7) is 4.48. The topological polar surface area (TPSA) is 0 Å². The molecular weight excluding hydrogens is 147 g/mol. The molecule has 1 aromatic rings. The second-order valence-electron chi connectivity index (χ2n) is 2.72. The summed E-state index contributed by atoms with van der Waals surface area (Å²) in [5.74, 6) is 0.709. The summed E-state index contributed by atoms with van der Waals surface area (Å²) in [6.07, 6.45) is 1.23. The summed E-state index contributed by atoms with van der Waals surface area (Å²) in [6, 6.07) is 10.6. The minimum atomic E-state index is 0. The van der Waals surface area contributed by atoms with E-state index < -0.39 is 0 Å². The van der Waals surface area contributed by atoms with E-state index in [0.717, 1.165) is 0 Å². The van der Waals surface area contributed by atoms with Gasteiger partial charge in [0.15, 0.2) is 17.4 Å². The van der Waals surface area contributed by atoms with Crippen molar-refractivity contribution in [3.05, 3.63) is 35.9 Å². The molecule has 0 saturated carbocycles. The van der Waals surface area contributed by atoms with Crippen molar-refractivity contribution < 1.29 is 0 Å².